The van der Waals surface area contributed by atoms with Crippen molar-refractivity contribution >= 4 is 22.1 Å². The lowest BCUT2D eigenvalue weighted by atomic mass is 10.4. The fourth-order valence-electron chi connectivity index (χ4n) is 0.945. The lowest BCUT2D eigenvalue weighted by molar-refractivity contribution is 0.177. The number of hydrogen-bond donors (Lipinski definition) is 2. The van der Waals surface area contributed by atoms with Crippen LogP contribution >= 0.6 is 0 Å². The van der Waals surface area contributed by atoms with Gasteiger partial charge in [-0.15, -0.1) is 0 Å². The van der Waals surface area contributed by atoms with E-state index in [0.717, 1.165) is 11.8 Å². The normalized spacial score (nSPS) is 10.4. The Morgan fingerprint density at radius 3 is 2.82 bits per heavy atom. The van der Waals surface area contributed by atoms with Crippen LogP contribution in [0, 0.1) is 11.3 Å². The van der Waals surface area contributed by atoms with Gasteiger partial charge in [0.25, 0.3) is 0 Å². The van der Waals surface area contributed by atoms with Gasteiger partial charge in [-0.3, -0.25) is 4.68 Å². The highest BCUT2D eigenvalue weighted by Gasteiger charge is 2.18. The third-order valence-corrected chi connectivity index (χ3v) is 2.59. The molecule has 0 spiro atoms. The highest BCUT2D eigenvalue weighted by molar-refractivity contribution is 7.91. The van der Waals surface area contributed by atoms with Gasteiger partial charge in [-0.05, 0) is 0 Å². The predicted octanol–water partition coefficient (Wildman–Crippen LogP) is -0.696. The Hall–Kier alpha value is -2.28. The summed E-state index contributed by atoms with van der Waals surface area (Å²) < 4.78 is 31.7. The largest absolute Gasteiger partial charge is 0.452 e. The first-order chi connectivity index (χ1) is 7.89. The zero-order valence-corrected chi connectivity index (χ0v) is 9.78. The van der Waals surface area contributed by atoms with Crippen molar-refractivity contribution in [3.05, 3.63) is 11.8 Å². The summed E-state index contributed by atoms with van der Waals surface area (Å²) in [5.74, 6) is -0.0519. The number of hydrogen-bond acceptors (Lipinski definition) is 6. The first-order valence-corrected chi connectivity index (χ1v) is 5.68. The molecular weight excluding hydrogens is 250 g/mol. The summed E-state index contributed by atoms with van der Waals surface area (Å²) in [6.45, 7) is 0. The fraction of sp³-hybridized carbons (Fsp3) is 0.286. The molecule has 9 nitrogen and oxygen atoms in total. The molecule has 0 aliphatic rings. The van der Waals surface area contributed by atoms with Gasteiger partial charge in [0.05, 0.1) is 13.3 Å². The van der Waals surface area contributed by atoms with Gasteiger partial charge in [0, 0.05) is 7.05 Å². The van der Waals surface area contributed by atoms with E-state index in [-0.39, 0.29) is 11.4 Å². The van der Waals surface area contributed by atoms with E-state index in [9.17, 15) is 13.2 Å². The van der Waals surface area contributed by atoms with Gasteiger partial charge < -0.3 is 4.74 Å². The van der Waals surface area contributed by atoms with E-state index < -0.39 is 16.3 Å². The number of carbonyl (C=O) groups is 1. The molecule has 1 amide bonds. The minimum Gasteiger partial charge on any atom is -0.452 e. The number of nitrogens with zero attached hydrogens (tertiary/aromatic N) is 3. The zero-order chi connectivity index (χ0) is 13.1. The molecule has 0 radical (unpaired) electrons. The molecule has 0 aromatic carbocycles. The second-order valence-electron chi connectivity index (χ2n) is 2.84. The molecule has 0 bridgehead atoms. The first-order valence-electron chi connectivity index (χ1n) is 4.20. The Morgan fingerprint density at radius 1 is 1.65 bits per heavy atom. The molecule has 10 heteroatoms. The van der Waals surface area contributed by atoms with Gasteiger partial charge in [-0.1, -0.05) is 0 Å². The summed E-state index contributed by atoms with van der Waals surface area (Å²) in [5.41, 5.74) is 0.0303. The van der Waals surface area contributed by atoms with Crippen LogP contribution in [-0.4, -0.2) is 31.4 Å². The van der Waals surface area contributed by atoms with Crippen LogP contribution in [0.2, 0.25) is 0 Å². The van der Waals surface area contributed by atoms with E-state index in [0.29, 0.717) is 0 Å². The number of rotatable bonds is 3. The molecule has 2 N–H and O–H groups in total. The number of methoxy groups -OCH3 is 1. The Kier molecular flexibility index (Phi) is 3.54. The number of nitriles is 1. The molecule has 1 heterocycles. The van der Waals surface area contributed by atoms with Crippen LogP contribution < -0.4 is 9.44 Å². The Labute approximate surface area is 97.2 Å². The van der Waals surface area contributed by atoms with Crippen molar-refractivity contribution in [2.75, 3.05) is 11.8 Å². The maximum absolute atomic E-state index is 11.4. The number of ether oxygens (including phenoxy) is 1. The highest BCUT2D eigenvalue weighted by atomic mass is 32.2. The van der Waals surface area contributed by atoms with Crippen molar-refractivity contribution in [3.8, 4) is 6.07 Å². The quantitative estimate of drug-likeness (QED) is 0.739. The van der Waals surface area contributed by atoms with Gasteiger partial charge >= 0.3 is 16.3 Å². The number of amides is 1. The van der Waals surface area contributed by atoms with E-state index in [1.54, 1.807) is 10.8 Å². The van der Waals surface area contributed by atoms with Crippen LogP contribution in [0.1, 0.15) is 5.56 Å². The molecule has 17 heavy (non-hydrogen) atoms. The van der Waals surface area contributed by atoms with Crippen LogP contribution in [0.5, 0.6) is 0 Å². The summed E-state index contributed by atoms with van der Waals surface area (Å²) in [4.78, 5) is 10.8. The summed E-state index contributed by atoms with van der Waals surface area (Å²) in [6, 6.07) is 1.75. The molecule has 1 aromatic heterocycles. The molecule has 1 aromatic rings. The molecular formula is C7H9N5O4S. The smallest absolute Gasteiger partial charge is 0.422 e. The van der Waals surface area contributed by atoms with E-state index in [1.165, 1.54) is 13.2 Å². The minimum absolute atomic E-state index is 0.0303. The SMILES string of the molecule is COC(=O)NS(=O)(=O)Nc1c(C#N)cnn1C. The van der Waals surface area contributed by atoms with Crippen LogP contribution in [0.25, 0.3) is 0 Å². The lowest BCUT2D eigenvalue weighted by Gasteiger charge is -2.08. The van der Waals surface area contributed by atoms with Gasteiger partial charge in [0.1, 0.15) is 11.6 Å². The van der Waals surface area contributed by atoms with Gasteiger partial charge in [0.15, 0.2) is 5.82 Å². The van der Waals surface area contributed by atoms with Crippen molar-refractivity contribution < 1.29 is 17.9 Å². The Balaban J connectivity index is 2.95. The van der Waals surface area contributed by atoms with Crippen molar-refractivity contribution in [1.29, 1.82) is 5.26 Å². The molecule has 0 unspecified atom stereocenters. The average molecular weight is 259 g/mol. The Morgan fingerprint density at radius 2 is 2.29 bits per heavy atom. The molecule has 1 rings (SSSR count). The van der Waals surface area contributed by atoms with Crippen molar-refractivity contribution in [1.82, 2.24) is 14.5 Å². The van der Waals surface area contributed by atoms with Crippen LogP contribution in [0.15, 0.2) is 6.20 Å². The third-order valence-electron chi connectivity index (χ3n) is 1.69. The number of carbonyl (C=O) groups excluding carboxylic acids is 1. The van der Waals surface area contributed by atoms with Gasteiger partial charge in [0.2, 0.25) is 0 Å². The van der Waals surface area contributed by atoms with Crippen LogP contribution in [-0.2, 0) is 22.0 Å². The second-order valence-corrected chi connectivity index (χ2v) is 4.26. The first kappa shape index (κ1) is 12.8. The molecule has 0 saturated heterocycles. The van der Waals surface area contributed by atoms with Gasteiger partial charge in [-0.2, -0.15) is 18.8 Å². The maximum Gasteiger partial charge on any atom is 0.422 e. The standard InChI is InChI=1S/C7H9N5O4S/c1-12-6(5(3-8)4-9-12)10-17(14,15)11-7(13)16-2/h4,10H,1-2H3,(H,11,13). The van der Waals surface area contributed by atoms with Crippen molar-refractivity contribution in [2.24, 2.45) is 7.05 Å². The predicted molar refractivity (Wildman–Crippen MR) is 56.0 cm³/mol. The van der Waals surface area contributed by atoms with E-state index in [2.05, 4.69) is 9.84 Å². The van der Waals surface area contributed by atoms with Crippen LogP contribution in [0.3, 0.4) is 0 Å². The number of aryl methyl sites for hydroxylation is 1. The number of aromatic nitrogens is 2. The second kappa shape index (κ2) is 4.71. The van der Waals surface area contributed by atoms with E-state index >= 15 is 0 Å². The summed E-state index contributed by atoms with van der Waals surface area (Å²) in [6.07, 6.45) is 0.0499. The number of nitrogens with one attached hydrogen (secondary N) is 2. The molecule has 0 aliphatic heterocycles. The van der Waals surface area contributed by atoms with E-state index in [1.807, 2.05) is 4.72 Å². The van der Waals surface area contributed by atoms with E-state index in [4.69, 9.17) is 5.26 Å². The van der Waals surface area contributed by atoms with Crippen LogP contribution in [0.4, 0.5) is 10.6 Å². The zero-order valence-electron chi connectivity index (χ0n) is 8.96. The summed E-state index contributed by atoms with van der Waals surface area (Å²) in [7, 11) is -1.69. The Bertz CT molecular complexity index is 570. The maximum atomic E-state index is 11.4. The summed E-state index contributed by atoms with van der Waals surface area (Å²) >= 11 is 0. The molecule has 0 fully saturated rings. The molecule has 0 aliphatic carbocycles. The fourth-order valence-corrected chi connectivity index (χ4v) is 1.79. The topological polar surface area (TPSA) is 126 Å². The average Bonchev–Trinajstić information content (AvgIpc) is 2.58. The van der Waals surface area contributed by atoms with Crippen molar-refractivity contribution in [3.63, 3.8) is 0 Å². The number of anilines is 1. The van der Waals surface area contributed by atoms with Gasteiger partial charge in [-0.25, -0.2) is 14.2 Å². The molecule has 0 atom stereocenters. The highest BCUT2D eigenvalue weighted by Crippen LogP contribution is 2.13. The molecule has 92 valence electrons. The lowest BCUT2D eigenvalue weighted by Crippen LogP contribution is -2.35. The third kappa shape index (κ3) is 3.08. The van der Waals surface area contributed by atoms with Crippen molar-refractivity contribution in [2.45, 2.75) is 0 Å². The minimum atomic E-state index is -4.16. The summed E-state index contributed by atoms with van der Waals surface area (Å²) in [5, 5.41) is 12.4. The molecule has 0 saturated carbocycles. The monoisotopic (exact) mass is 259 g/mol.